The number of hydrogen-bond donors (Lipinski definition) is 2. The molecule has 1 aromatic carbocycles. The van der Waals surface area contributed by atoms with E-state index in [0.29, 0.717) is 9.59 Å². The minimum absolute atomic E-state index is 0.0546. The molecule has 0 aliphatic carbocycles. The summed E-state index contributed by atoms with van der Waals surface area (Å²) in [7, 11) is 0. The first-order chi connectivity index (χ1) is 17.4. The van der Waals surface area contributed by atoms with Gasteiger partial charge in [0.05, 0.1) is 11.6 Å². The maximum Gasteiger partial charge on any atom is 0.416 e. The second-order valence-electron chi connectivity index (χ2n) is 7.67. The Bertz CT molecular complexity index is 1500. The fourth-order valence-electron chi connectivity index (χ4n) is 3.34. The van der Waals surface area contributed by atoms with E-state index in [1.165, 1.54) is 36.5 Å². The molecule has 16 heteroatoms. The normalized spacial score (nSPS) is 12.6. The van der Waals surface area contributed by atoms with Crippen LogP contribution in [0.1, 0.15) is 11.6 Å². The van der Waals surface area contributed by atoms with Gasteiger partial charge in [0.1, 0.15) is 18.8 Å². The number of hydrogen-bond acceptors (Lipinski definition) is 7. The zero-order valence-electron chi connectivity index (χ0n) is 18.5. The van der Waals surface area contributed by atoms with E-state index in [-0.39, 0.29) is 33.9 Å². The monoisotopic (exact) mass is 557 g/mol. The Labute approximate surface area is 215 Å². The lowest BCUT2D eigenvalue weighted by atomic mass is 10.2. The van der Waals surface area contributed by atoms with Crippen molar-refractivity contribution in [2.75, 3.05) is 0 Å². The summed E-state index contributed by atoms with van der Waals surface area (Å²) in [5, 5.41) is 27.7. The lowest BCUT2D eigenvalue weighted by Crippen LogP contribution is -2.37. The van der Waals surface area contributed by atoms with Crippen LogP contribution in [-0.4, -0.2) is 62.6 Å². The number of benzene rings is 1. The Balaban J connectivity index is 1.78. The molecule has 0 spiro atoms. The quantitative estimate of drug-likeness (QED) is 0.336. The second-order valence-corrected chi connectivity index (χ2v) is 8.52. The molecule has 2 N–H and O–H groups in total. The molecule has 11 nitrogen and oxygen atoms in total. The van der Waals surface area contributed by atoms with E-state index in [4.69, 9.17) is 23.2 Å². The molecule has 0 unspecified atom stereocenters. The van der Waals surface area contributed by atoms with Gasteiger partial charge in [-0.15, -0.1) is 10.2 Å². The summed E-state index contributed by atoms with van der Waals surface area (Å²) in [6.45, 7) is -1.55. The molecule has 0 amide bonds. The average Bonchev–Trinajstić information content (AvgIpc) is 3.34. The number of carbonyl (C=O) groups is 1. The van der Waals surface area contributed by atoms with Gasteiger partial charge in [-0.05, 0) is 36.4 Å². The molecule has 0 saturated carbocycles. The number of rotatable bonds is 8. The maximum absolute atomic E-state index is 13.1. The molecular formula is C21H16Cl2F3N7O4. The first-order valence-electron chi connectivity index (χ1n) is 10.4. The van der Waals surface area contributed by atoms with Crippen molar-refractivity contribution in [3.63, 3.8) is 0 Å². The van der Waals surface area contributed by atoms with Gasteiger partial charge in [-0.2, -0.15) is 17.9 Å². The number of carboxylic acids is 1. The summed E-state index contributed by atoms with van der Waals surface area (Å²) in [5.74, 6) is -1.43. The smallest absolute Gasteiger partial charge is 0.416 e. The van der Waals surface area contributed by atoms with Crippen LogP contribution in [0.15, 0.2) is 47.4 Å². The van der Waals surface area contributed by atoms with Gasteiger partial charge in [0.2, 0.25) is 0 Å². The average molecular weight is 558 g/mol. The zero-order chi connectivity index (χ0) is 26.9. The highest BCUT2D eigenvalue weighted by Crippen LogP contribution is 2.24. The summed E-state index contributed by atoms with van der Waals surface area (Å²) in [6.07, 6.45) is -6.97. The molecule has 3 aromatic heterocycles. The van der Waals surface area contributed by atoms with Crippen LogP contribution in [0.4, 0.5) is 13.2 Å². The fraction of sp³-hybridized carbons (Fsp3) is 0.238. The summed E-state index contributed by atoms with van der Waals surface area (Å²) < 4.78 is 41.7. The minimum Gasteiger partial charge on any atom is -0.481 e. The van der Waals surface area contributed by atoms with Gasteiger partial charge in [-0.1, -0.05) is 23.2 Å². The highest BCUT2D eigenvalue weighted by Gasteiger charge is 2.39. The highest BCUT2D eigenvalue weighted by atomic mass is 35.5. The van der Waals surface area contributed by atoms with Crippen LogP contribution in [0.3, 0.4) is 0 Å². The third kappa shape index (κ3) is 5.81. The number of halogens is 5. The van der Waals surface area contributed by atoms with Crippen LogP contribution in [0.2, 0.25) is 10.0 Å². The summed E-state index contributed by atoms with van der Waals surface area (Å²) in [4.78, 5) is 32.6. The molecular weight excluding hydrogens is 542 g/mol. The number of aliphatic carboxylic acids is 1. The number of nitrogens with zero attached hydrogens (tertiary/aromatic N) is 7. The Kier molecular flexibility index (Phi) is 7.34. The first kappa shape index (κ1) is 26.3. The van der Waals surface area contributed by atoms with Gasteiger partial charge in [-0.3, -0.25) is 9.36 Å². The number of aliphatic hydroxyl groups is 1. The summed E-state index contributed by atoms with van der Waals surface area (Å²) >= 11 is 12.0. The second kappa shape index (κ2) is 10.3. The lowest BCUT2D eigenvalue weighted by molar-refractivity contribution is -0.207. The van der Waals surface area contributed by atoms with Crippen molar-refractivity contribution in [3.8, 4) is 17.2 Å². The van der Waals surface area contributed by atoms with Gasteiger partial charge >= 0.3 is 17.8 Å². The molecule has 3 heterocycles. The van der Waals surface area contributed by atoms with Crippen molar-refractivity contribution in [1.82, 2.24) is 34.1 Å². The molecule has 0 bridgehead atoms. The van der Waals surface area contributed by atoms with Crippen LogP contribution in [0.5, 0.6) is 0 Å². The molecule has 0 fully saturated rings. The Morgan fingerprint density at radius 3 is 2.43 bits per heavy atom. The predicted molar refractivity (Wildman–Crippen MR) is 124 cm³/mol. The van der Waals surface area contributed by atoms with Crippen LogP contribution in [-0.2, 0) is 24.3 Å². The molecule has 4 rings (SSSR count). The van der Waals surface area contributed by atoms with Gasteiger partial charge in [-0.25, -0.2) is 19.4 Å². The topological polar surface area (TPSA) is 141 Å². The number of aromatic nitrogens is 7. The van der Waals surface area contributed by atoms with Crippen molar-refractivity contribution >= 4 is 29.2 Å². The predicted octanol–water partition coefficient (Wildman–Crippen LogP) is 2.59. The highest BCUT2D eigenvalue weighted by molar-refractivity contribution is 6.32. The maximum atomic E-state index is 13.1. The van der Waals surface area contributed by atoms with Crippen molar-refractivity contribution in [3.05, 3.63) is 74.8 Å². The van der Waals surface area contributed by atoms with E-state index < -0.39 is 43.4 Å². The van der Waals surface area contributed by atoms with Crippen molar-refractivity contribution in [2.24, 2.45) is 0 Å². The lowest BCUT2D eigenvalue weighted by Gasteiger charge is -2.15. The Morgan fingerprint density at radius 1 is 1.11 bits per heavy atom. The third-order valence-corrected chi connectivity index (χ3v) is 5.56. The van der Waals surface area contributed by atoms with Gasteiger partial charge in [0.25, 0.3) is 0 Å². The van der Waals surface area contributed by atoms with Crippen LogP contribution < -0.4 is 5.69 Å². The summed E-state index contributed by atoms with van der Waals surface area (Å²) in [6, 6.07) is 8.89. The SMILES string of the molecule is O=C(O)Cc1nc(Cn2nc(-c3ccc(Cl)cc3)n(C[C@H](O)C(F)(F)F)c2=O)nn1-c1ncccc1Cl. The Hall–Kier alpha value is -3.75. The van der Waals surface area contributed by atoms with Gasteiger partial charge < -0.3 is 10.2 Å². The minimum atomic E-state index is -4.98. The van der Waals surface area contributed by atoms with Crippen LogP contribution in [0, 0.1) is 0 Å². The first-order valence-corrected chi connectivity index (χ1v) is 11.2. The number of carboxylic acid groups (broad SMARTS) is 1. The number of alkyl halides is 3. The van der Waals surface area contributed by atoms with Gasteiger partial charge in [0.15, 0.2) is 23.6 Å². The van der Waals surface area contributed by atoms with Crippen molar-refractivity contribution in [2.45, 2.75) is 31.8 Å². The number of aliphatic hydroxyl groups excluding tert-OH is 1. The molecule has 0 radical (unpaired) electrons. The largest absolute Gasteiger partial charge is 0.481 e. The van der Waals surface area contributed by atoms with E-state index in [2.05, 4.69) is 20.2 Å². The van der Waals surface area contributed by atoms with Crippen molar-refractivity contribution in [1.29, 1.82) is 0 Å². The molecule has 0 aliphatic heterocycles. The van der Waals surface area contributed by atoms with Crippen molar-refractivity contribution < 1.29 is 28.2 Å². The van der Waals surface area contributed by atoms with Crippen LogP contribution >= 0.6 is 23.2 Å². The zero-order valence-corrected chi connectivity index (χ0v) is 20.0. The molecule has 194 valence electrons. The van der Waals surface area contributed by atoms with Gasteiger partial charge in [0, 0.05) is 16.8 Å². The Morgan fingerprint density at radius 2 is 1.81 bits per heavy atom. The molecule has 0 aliphatic rings. The standard InChI is InChI=1S/C21H16Cl2F3N7O4/c22-12-5-3-11(4-6-12)18-30-32(20(37)31(18)9-14(34)21(24,25)26)10-15-28-16(8-17(35)36)33(29-15)19-13(23)2-1-7-27-19/h1-7,14,34H,8-10H2,(H,35,36)/t14-/m0/s1. The molecule has 4 aromatic rings. The van der Waals surface area contributed by atoms with Crippen LogP contribution in [0.25, 0.3) is 17.2 Å². The molecule has 1 atom stereocenters. The van der Waals surface area contributed by atoms with E-state index in [1.54, 1.807) is 6.07 Å². The molecule has 0 saturated heterocycles. The molecule has 37 heavy (non-hydrogen) atoms. The van der Waals surface area contributed by atoms with E-state index >= 15 is 0 Å². The van der Waals surface area contributed by atoms with E-state index in [0.717, 1.165) is 9.36 Å². The van der Waals surface area contributed by atoms with E-state index in [1.807, 2.05) is 0 Å². The van der Waals surface area contributed by atoms with E-state index in [9.17, 15) is 33.0 Å². The number of pyridine rings is 1. The third-order valence-electron chi connectivity index (χ3n) is 5.02. The fourth-order valence-corrected chi connectivity index (χ4v) is 3.67. The summed E-state index contributed by atoms with van der Waals surface area (Å²) in [5.41, 5.74) is -0.722.